The normalized spacial score (nSPS) is 21.5. The van der Waals surface area contributed by atoms with Gasteiger partial charge in [0, 0.05) is 5.41 Å². The fourth-order valence-electron chi connectivity index (χ4n) is 3.51. The van der Waals surface area contributed by atoms with Crippen LogP contribution in [0.25, 0.3) is 0 Å². The van der Waals surface area contributed by atoms with E-state index in [-0.39, 0.29) is 12.0 Å². The molecule has 3 rings (SSSR count). The first kappa shape index (κ1) is 13.4. The minimum Gasteiger partial charge on any atom is -0.395 e. The lowest BCUT2D eigenvalue weighted by molar-refractivity contribution is 0.173. The molecule has 1 atom stereocenters. The summed E-state index contributed by atoms with van der Waals surface area (Å²) in [5.41, 5.74) is 5.29. The van der Waals surface area contributed by atoms with Crippen molar-refractivity contribution in [2.24, 2.45) is 0 Å². The summed E-state index contributed by atoms with van der Waals surface area (Å²) in [4.78, 5) is 0. The highest BCUT2D eigenvalue weighted by Crippen LogP contribution is 2.39. The van der Waals surface area contributed by atoms with Gasteiger partial charge in [0.2, 0.25) is 0 Å². The molecule has 1 nitrogen and oxygen atoms in total. The molecule has 1 N–H and O–H groups in total. The lowest BCUT2D eigenvalue weighted by Gasteiger charge is -2.38. The molecule has 0 spiro atoms. The second-order valence-corrected chi connectivity index (χ2v) is 6.11. The van der Waals surface area contributed by atoms with E-state index in [9.17, 15) is 5.11 Å². The number of aryl methyl sites for hydroxylation is 2. The zero-order valence-corrected chi connectivity index (χ0v) is 12.1. The average Bonchev–Trinajstić information content (AvgIpc) is 2.50. The fraction of sp³-hybridized carbons (Fsp3) is 0.368. The molecule has 2 aromatic carbocycles. The van der Waals surface area contributed by atoms with Crippen molar-refractivity contribution < 1.29 is 5.11 Å². The molecule has 1 aliphatic rings. The molecule has 1 unspecified atom stereocenters. The van der Waals surface area contributed by atoms with E-state index in [1.165, 1.54) is 28.7 Å². The lowest BCUT2D eigenvalue weighted by atomic mass is 9.67. The molecule has 0 amide bonds. The number of aliphatic hydroxyl groups is 1. The average molecular weight is 266 g/mol. The zero-order valence-electron chi connectivity index (χ0n) is 12.1. The van der Waals surface area contributed by atoms with Crippen LogP contribution in [0.5, 0.6) is 0 Å². The number of hydrogen-bond acceptors (Lipinski definition) is 1. The second kappa shape index (κ2) is 5.41. The van der Waals surface area contributed by atoms with Crippen LogP contribution in [0.15, 0.2) is 48.5 Å². The summed E-state index contributed by atoms with van der Waals surface area (Å²) in [7, 11) is 0. The van der Waals surface area contributed by atoms with Crippen molar-refractivity contribution in [2.75, 3.05) is 6.61 Å². The smallest absolute Gasteiger partial charge is 0.0531 e. The molecule has 2 aromatic rings. The Labute approximate surface area is 121 Å². The Morgan fingerprint density at radius 1 is 1.05 bits per heavy atom. The van der Waals surface area contributed by atoms with E-state index in [1.807, 2.05) is 0 Å². The van der Waals surface area contributed by atoms with Crippen LogP contribution in [0.4, 0.5) is 0 Å². The van der Waals surface area contributed by atoms with E-state index in [2.05, 4.69) is 55.5 Å². The van der Waals surface area contributed by atoms with E-state index in [4.69, 9.17) is 0 Å². The molecular weight excluding hydrogens is 244 g/mol. The first-order valence-corrected chi connectivity index (χ1v) is 7.48. The Morgan fingerprint density at radius 2 is 1.80 bits per heavy atom. The van der Waals surface area contributed by atoms with Crippen LogP contribution < -0.4 is 0 Å². The van der Waals surface area contributed by atoms with Gasteiger partial charge in [-0.25, -0.2) is 0 Å². The zero-order chi connectivity index (χ0) is 14.0. The number of fused-ring (bicyclic) bond motifs is 1. The number of benzene rings is 2. The summed E-state index contributed by atoms with van der Waals surface area (Å²) < 4.78 is 0. The van der Waals surface area contributed by atoms with Crippen LogP contribution in [0, 0.1) is 6.92 Å². The molecule has 0 heterocycles. The largest absolute Gasteiger partial charge is 0.395 e. The van der Waals surface area contributed by atoms with Crippen LogP contribution in [0.2, 0.25) is 0 Å². The fourth-order valence-corrected chi connectivity index (χ4v) is 3.51. The van der Waals surface area contributed by atoms with Crippen molar-refractivity contribution in [3.63, 3.8) is 0 Å². The monoisotopic (exact) mass is 266 g/mol. The molecule has 0 saturated heterocycles. The van der Waals surface area contributed by atoms with E-state index in [0.29, 0.717) is 0 Å². The predicted octanol–water partition coefficient (Wildman–Crippen LogP) is 3.80. The van der Waals surface area contributed by atoms with Gasteiger partial charge in [-0.1, -0.05) is 54.1 Å². The number of aliphatic hydroxyl groups excluding tert-OH is 1. The SMILES string of the molecule is Cc1ccc(CC2(CO)CCCc3ccccc32)cc1. The Kier molecular flexibility index (Phi) is 3.62. The molecule has 0 saturated carbocycles. The van der Waals surface area contributed by atoms with Crippen molar-refractivity contribution in [3.8, 4) is 0 Å². The summed E-state index contributed by atoms with van der Waals surface area (Å²) in [5, 5.41) is 10.1. The molecule has 0 radical (unpaired) electrons. The van der Waals surface area contributed by atoms with E-state index in [1.54, 1.807) is 0 Å². The minimum atomic E-state index is -0.0932. The molecular formula is C19H22O. The first-order chi connectivity index (χ1) is 9.73. The summed E-state index contributed by atoms with van der Waals surface area (Å²) in [6, 6.07) is 17.4. The summed E-state index contributed by atoms with van der Waals surface area (Å²) in [6.07, 6.45) is 4.32. The summed E-state index contributed by atoms with van der Waals surface area (Å²) in [5.74, 6) is 0. The molecule has 1 aliphatic carbocycles. The van der Waals surface area contributed by atoms with Crippen molar-refractivity contribution in [2.45, 2.75) is 38.0 Å². The van der Waals surface area contributed by atoms with Gasteiger partial charge in [-0.15, -0.1) is 0 Å². The Hall–Kier alpha value is -1.60. The van der Waals surface area contributed by atoms with Crippen LogP contribution in [-0.2, 0) is 18.3 Å². The third-order valence-corrected chi connectivity index (χ3v) is 4.66. The minimum absolute atomic E-state index is 0.0932. The summed E-state index contributed by atoms with van der Waals surface area (Å²) in [6.45, 7) is 2.35. The third kappa shape index (κ3) is 2.38. The van der Waals surface area contributed by atoms with Gasteiger partial charge in [0.15, 0.2) is 0 Å². The van der Waals surface area contributed by atoms with Gasteiger partial charge < -0.3 is 5.11 Å². The van der Waals surface area contributed by atoms with E-state index < -0.39 is 0 Å². The molecule has 0 fully saturated rings. The molecule has 0 aromatic heterocycles. The van der Waals surface area contributed by atoms with E-state index >= 15 is 0 Å². The van der Waals surface area contributed by atoms with Crippen LogP contribution in [0.1, 0.15) is 35.1 Å². The number of hydrogen-bond donors (Lipinski definition) is 1. The molecule has 1 heteroatoms. The van der Waals surface area contributed by atoms with Gasteiger partial charge in [-0.3, -0.25) is 0 Å². The van der Waals surface area contributed by atoms with Gasteiger partial charge in [0.1, 0.15) is 0 Å². The lowest BCUT2D eigenvalue weighted by Crippen LogP contribution is -2.37. The Balaban J connectivity index is 1.98. The van der Waals surface area contributed by atoms with Crippen molar-refractivity contribution in [1.29, 1.82) is 0 Å². The third-order valence-electron chi connectivity index (χ3n) is 4.66. The highest BCUT2D eigenvalue weighted by Gasteiger charge is 2.35. The number of rotatable bonds is 3. The van der Waals surface area contributed by atoms with Gasteiger partial charge in [0.05, 0.1) is 6.61 Å². The molecule has 20 heavy (non-hydrogen) atoms. The Morgan fingerprint density at radius 3 is 2.55 bits per heavy atom. The van der Waals surface area contributed by atoms with Gasteiger partial charge in [-0.2, -0.15) is 0 Å². The van der Waals surface area contributed by atoms with Crippen molar-refractivity contribution in [3.05, 3.63) is 70.8 Å². The topological polar surface area (TPSA) is 20.2 Å². The highest BCUT2D eigenvalue weighted by atomic mass is 16.3. The van der Waals surface area contributed by atoms with Crippen molar-refractivity contribution in [1.82, 2.24) is 0 Å². The van der Waals surface area contributed by atoms with E-state index in [0.717, 1.165) is 19.3 Å². The standard InChI is InChI=1S/C19H22O/c1-15-8-10-16(11-9-15)13-19(14-20)12-4-6-17-5-2-3-7-18(17)19/h2-3,5,7-11,20H,4,6,12-14H2,1H3. The van der Waals surface area contributed by atoms with Crippen LogP contribution in [-0.4, -0.2) is 11.7 Å². The quantitative estimate of drug-likeness (QED) is 0.896. The Bertz CT molecular complexity index is 585. The highest BCUT2D eigenvalue weighted by molar-refractivity contribution is 5.39. The van der Waals surface area contributed by atoms with Crippen molar-refractivity contribution >= 4 is 0 Å². The molecule has 0 bridgehead atoms. The van der Waals surface area contributed by atoms with Gasteiger partial charge in [0.25, 0.3) is 0 Å². The van der Waals surface area contributed by atoms with Crippen LogP contribution >= 0.6 is 0 Å². The molecule has 104 valence electrons. The maximum Gasteiger partial charge on any atom is 0.0531 e. The van der Waals surface area contributed by atoms with Gasteiger partial charge in [-0.05, 0) is 49.3 Å². The summed E-state index contributed by atoms with van der Waals surface area (Å²) >= 11 is 0. The maximum atomic E-state index is 10.1. The molecule has 0 aliphatic heterocycles. The second-order valence-electron chi connectivity index (χ2n) is 6.11. The predicted molar refractivity (Wildman–Crippen MR) is 83.0 cm³/mol. The first-order valence-electron chi connectivity index (χ1n) is 7.48. The van der Waals surface area contributed by atoms with Crippen LogP contribution in [0.3, 0.4) is 0 Å². The maximum absolute atomic E-state index is 10.1. The van der Waals surface area contributed by atoms with Gasteiger partial charge >= 0.3 is 0 Å².